The molecule has 1 heterocycles. The summed E-state index contributed by atoms with van der Waals surface area (Å²) in [5.41, 5.74) is 1.04. The van der Waals surface area contributed by atoms with Crippen LogP contribution in [0.15, 0.2) is 53.4 Å². The fourth-order valence-corrected chi connectivity index (χ4v) is 5.35. The van der Waals surface area contributed by atoms with Crippen LogP contribution < -0.4 is 5.32 Å². The zero-order valence-corrected chi connectivity index (χ0v) is 18.5. The Bertz CT molecular complexity index is 1000. The first-order valence-electron chi connectivity index (χ1n) is 10.5. The fraction of sp³-hybridized carbons (Fsp3) is 0.435. The fourth-order valence-electron chi connectivity index (χ4n) is 3.87. The highest BCUT2D eigenvalue weighted by Gasteiger charge is 2.33. The first-order chi connectivity index (χ1) is 14.7. The number of hydrogen-bond acceptors (Lipinski definition) is 3. The van der Waals surface area contributed by atoms with Crippen molar-refractivity contribution in [1.82, 2.24) is 9.62 Å². The van der Waals surface area contributed by atoms with Crippen LogP contribution in [-0.2, 0) is 14.8 Å². The molecule has 1 N–H and O–H groups in total. The van der Waals surface area contributed by atoms with E-state index in [1.807, 2.05) is 30.3 Å². The quantitative estimate of drug-likeness (QED) is 0.685. The Hall–Kier alpha value is -2.32. The van der Waals surface area contributed by atoms with Gasteiger partial charge in [-0.25, -0.2) is 17.2 Å². The Morgan fingerprint density at radius 2 is 1.71 bits per heavy atom. The van der Waals surface area contributed by atoms with Crippen LogP contribution in [0.4, 0.5) is 8.78 Å². The van der Waals surface area contributed by atoms with Gasteiger partial charge in [0.2, 0.25) is 15.9 Å². The minimum atomic E-state index is -3.94. The second-order valence-corrected chi connectivity index (χ2v) is 10.3. The van der Waals surface area contributed by atoms with Crippen LogP contribution in [0.5, 0.6) is 0 Å². The van der Waals surface area contributed by atoms with E-state index >= 15 is 0 Å². The summed E-state index contributed by atoms with van der Waals surface area (Å²) in [6, 6.07) is 12.3. The van der Waals surface area contributed by atoms with Crippen molar-refractivity contribution in [2.75, 3.05) is 13.1 Å². The maximum atomic E-state index is 13.5. The Morgan fingerprint density at radius 3 is 2.29 bits per heavy atom. The second-order valence-electron chi connectivity index (χ2n) is 8.36. The van der Waals surface area contributed by atoms with Gasteiger partial charge in [-0.3, -0.25) is 4.79 Å². The van der Waals surface area contributed by atoms with Gasteiger partial charge in [0.05, 0.1) is 10.9 Å². The van der Waals surface area contributed by atoms with E-state index < -0.39 is 21.7 Å². The molecule has 1 atom stereocenters. The van der Waals surface area contributed by atoms with E-state index in [1.165, 1.54) is 4.31 Å². The van der Waals surface area contributed by atoms with Gasteiger partial charge in [0.15, 0.2) is 11.6 Å². The van der Waals surface area contributed by atoms with Gasteiger partial charge in [0.25, 0.3) is 0 Å². The van der Waals surface area contributed by atoms with E-state index in [9.17, 15) is 22.0 Å². The van der Waals surface area contributed by atoms with Crippen molar-refractivity contribution in [3.05, 3.63) is 65.7 Å². The molecule has 2 aromatic carbocycles. The minimum Gasteiger partial charge on any atom is -0.349 e. The molecule has 8 heteroatoms. The van der Waals surface area contributed by atoms with Gasteiger partial charge in [-0.05, 0) is 48.9 Å². The van der Waals surface area contributed by atoms with Gasteiger partial charge >= 0.3 is 0 Å². The molecule has 1 aliphatic heterocycles. The molecule has 0 aromatic heterocycles. The van der Waals surface area contributed by atoms with Crippen molar-refractivity contribution in [2.45, 2.75) is 44.0 Å². The molecule has 1 amide bonds. The first-order valence-corrected chi connectivity index (χ1v) is 11.9. The molecule has 1 aliphatic rings. The smallest absolute Gasteiger partial charge is 0.243 e. The maximum Gasteiger partial charge on any atom is 0.243 e. The molecule has 0 bridgehead atoms. The molecule has 1 unspecified atom stereocenters. The average Bonchev–Trinajstić information content (AvgIpc) is 2.75. The van der Waals surface area contributed by atoms with Crippen molar-refractivity contribution in [1.29, 1.82) is 0 Å². The predicted octanol–water partition coefficient (Wildman–Crippen LogP) is 4.27. The highest BCUT2D eigenvalue weighted by atomic mass is 32.2. The van der Waals surface area contributed by atoms with E-state index in [0.29, 0.717) is 24.8 Å². The molecular weight excluding hydrogens is 422 g/mol. The summed E-state index contributed by atoms with van der Waals surface area (Å²) in [5, 5.41) is 3.14. The molecular formula is C23H28F2N2O3S. The van der Waals surface area contributed by atoms with E-state index in [2.05, 4.69) is 19.2 Å². The molecule has 168 valence electrons. The summed E-state index contributed by atoms with van der Waals surface area (Å²) in [5.74, 6) is -2.28. The lowest BCUT2D eigenvalue weighted by atomic mass is 9.93. The SMILES string of the molecule is CC(C)CC(NC(=O)C1CCN(S(=O)(=O)c2ccc(F)c(F)c2)CC1)c1ccccc1. The molecule has 5 nitrogen and oxygen atoms in total. The zero-order chi connectivity index (χ0) is 22.6. The highest BCUT2D eigenvalue weighted by Crippen LogP contribution is 2.27. The Balaban J connectivity index is 1.64. The van der Waals surface area contributed by atoms with Crippen LogP contribution in [0.1, 0.15) is 44.7 Å². The number of hydrogen-bond donors (Lipinski definition) is 1. The lowest BCUT2D eigenvalue weighted by molar-refractivity contribution is -0.127. The molecule has 0 spiro atoms. The van der Waals surface area contributed by atoms with E-state index in [4.69, 9.17) is 0 Å². The number of carbonyl (C=O) groups excluding carboxylic acids is 1. The zero-order valence-electron chi connectivity index (χ0n) is 17.7. The van der Waals surface area contributed by atoms with Crippen LogP contribution >= 0.6 is 0 Å². The monoisotopic (exact) mass is 450 g/mol. The van der Waals surface area contributed by atoms with E-state index in [-0.39, 0.29) is 35.9 Å². The van der Waals surface area contributed by atoms with Crippen molar-refractivity contribution in [3.8, 4) is 0 Å². The van der Waals surface area contributed by atoms with E-state index in [0.717, 1.165) is 24.1 Å². The van der Waals surface area contributed by atoms with Crippen molar-refractivity contribution in [2.24, 2.45) is 11.8 Å². The molecule has 1 saturated heterocycles. The topological polar surface area (TPSA) is 66.5 Å². The van der Waals surface area contributed by atoms with Gasteiger partial charge in [-0.15, -0.1) is 0 Å². The van der Waals surface area contributed by atoms with Crippen LogP contribution in [0.2, 0.25) is 0 Å². The van der Waals surface area contributed by atoms with Gasteiger partial charge in [-0.2, -0.15) is 4.31 Å². The number of benzene rings is 2. The normalized spacial score (nSPS) is 16.9. The van der Waals surface area contributed by atoms with Crippen LogP contribution in [-0.4, -0.2) is 31.7 Å². The first kappa shape index (κ1) is 23.3. The van der Waals surface area contributed by atoms with Gasteiger partial charge in [0.1, 0.15) is 0 Å². The van der Waals surface area contributed by atoms with Crippen LogP contribution in [0.3, 0.4) is 0 Å². The molecule has 0 saturated carbocycles. The van der Waals surface area contributed by atoms with E-state index in [1.54, 1.807) is 0 Å². The molecule has 3 rings (SSSR count). The number of sulfonamides is 1. The Morgan fingerprint density at radius 1 is 1.06 bits per heavy atom. The summed E-state index contributed by atoms with van der Waals surface area (Å²) in [7, 11) is -3.94. The lowest BCUT2D eigenvalue weighted by Crippen LogP contribution is -2.43. The molecule has 31 heavy (non-hydrogen) atoms. The summed E-state index contributed by atoms with van der Waals surface area (Å²) < 4.78 is 53.4. The number of piperidine rings is 1. The maximum absolute atomic E-state index is 13.5. The third-order valence-corrected chi connectivity index (χ3v) is 7.47. The highest BCUT2D eigenvalue weighted by molar-refractivity contribution is 7.89. The largest absolute Gasteiger partial charge is 0.349 e. The predicted molar refractivity (Wildman–Crippen MR) is 115 cm³/mol. The summed E-state index contributed by atoms with van der Waals surface area (Å²) >= 11 is 0. The average molecular weight is 451 g/mol. The van der Waals surface area contributed by atoms with Crippen molar-refractivity contribution >= 4 is 15.9 Å². The number of carbonyl (C=O) groups is 1. The standard InChI is InChI=1S/C23H28F2N2O3S/c1-16(2)14-22(17-6-4-3-5-7-17)26-23(28)18-10-12-27(13-11-18)31(29,30)19-8-9-20(24)21(25)15-19/h3-9,15-16,18,22H,10-14H2,1-2H3,(H,26,28). The summed E-state index contributed by atoms with van der Waals surface area (Å²) in [6.07, 6.45) is 1.55. The van der Waals surface area contributed by atoms with Gasteiger partial charge < -0.3 is 5.32 Å². The number of nitrogens with zero attached hydrogens (tertiary/aromatic N) is 1. The third kappa shape index (κ3) is 5.68. The molecule has 2 aromatic rings. The Kier molecular flexibility index (Phi) is 7.43. The van der Waals surface area contributed by atoms with Crippen LogP contribution in [0.25, 0.3) is 0 Å². The molecule has 0 aliphatic carbocycles. The number of amides is 1. The Labute approximate surface area is 182 Å². The summed E-state index contributed by atoms with van der Waals surface area (Å²) in [6.45, 7) is 4.51. The summed E-state index contributed by atoms with van der Waals surface area (Å²) in [4.78, 5) is 12.6. The third-order valence-electron chi connectivity index (χ3n) is 5.58. The number of nitrogens with one attached hydrogen (secondary N) is 1. The minimum absolute atomic E-state index is 0.0839. The number of halogens is 2. The molecule has 0 radical (unpaired) electrons. The van der Waals surface area contributed by atoms with Gasteiger partial charge in [0, 0.05) is 19.0 Å². The lowest BCUT2D eigenvalue weighted by Gasteiger charge is -2.32. The second kappa shape index (κ2) is 9.87. The molecule has 1 fully saturated rings. The van der Waals surface area contributed by atoms with Crippen molar-refractivity contribution < 1.29 is 22.0 Å². The number of rotatable bonds is 7. The van der Waals surface area contributed by atoms with Crippen LogP contribution in [0, 0.1) is 23.5 Å². The van der Waals surface area contributed by atoms with Gasteiger partial charge in [-0.1, -0.05) is 44.2 Å². The van der Waals surface area contributed by atoms with Crippen molar-refractivity contribution in [3.63, 3.8) is 0 Å².